The maximum absolute atomic E-state index is 6.13. The fraction of sp³-hybridized carbons (Fsp3) is 0.368. The number of aliphatic imine (C=N–C) groups is 1. The minimum Gasteiger partial charge on any atom is -0.495 e. The van der Waals surface area contributed by atoms with E-state index in [9.17, 15) is 0 Å². The largest absolute Gasteiger partial charge is 0.495 e. The van der Waals surface area contributed by atoms with Crippen LogP contribution in [0.4, 0.5) is 11.5 Å². The van der Waals surface area contributed by atoms with E-state index >= 15 is 0 Å². The van der Waals surface area contributed by atoms with Crippen LogP contribution in [0.25, 0.3) is 0 Å². The Morgan fingerprint density at radius 3 is 2.74 bits per heavy atom. The molecule has 0 spiro atoms. The highest BCUT2D eigenvalue weighted by molar-refractivity contribution is 6.32. The zero-order valence-electron chi connectivity index (χ0n) is 15.7. The number of nitrogens with one attached hydrogen (secondary N) is 1. The number of aromatic nitrogens is 1. The fourth-order valence-electron chi connectivity index (χ4n) is 2.88. The summed E-state index contributed by atoms with van der Waals surface area (Å²) in [6, 6.07) is 9.40. The van der Waals surface area contributed by atoms with Gasteiger partial charge in [-0.05, 0) is 42.9 Å². The Balaban J connectivity index is 1.61. The van der Waals surface area contributed by atoms with Gasteiger partial charge in [-0.25, -0.2) is 9.98 Å². The minimum absolute atomic E-state index is 0.328. The molecule has 1 fully saturated rings. The Morgan fingerprint density at radius 1 is 1.26 bits per heavy atom. The van der Waals surface area contributed by atoms with Gasteiger partial charge in [0.25, 0.3) is 0 Å². The minimum atomic E-state index is 0.328. The van der Waals surface area contributed by atoms with Crippen molar-refractivity contribution in [3.05, 3.63) is 47.1 Å². The molecule has 1 aromatic carbocycles. The first-order valence-corrected chi connectivity index (χ1v) is 9.22. The molecular weight excluding hydrogens is 364 g/mol. The Kier molecular flexibility index (Phi) is 6.36. The molecule has 1 saturated heterocycles. The van der Waals surface area contributed by atoms with Crippen LogP contribution in [0.5, 0.6) is 5.75 Å². The second-order valence-electron chi connectivity index (χ2n) is 6.49. The van der Waals surface area contributed by atoms with Crippen LogP contribution in [0.15, 0.2) is 41.5 Å². The lowest BCUT2D eigenvalue weighted by Crippen LogP contribution is -2.44. The second kappa shape index (κ2) is 8.92. The van der Waals surface area contributed by atoms with Crippen LogP contribution in [0.3, 0.4) is 0 Å². The van der Waals surface area contributed by atoms with Gasteiger partial charge in [0.2, 0.25) is 0 Å². The summed E-state index contributed by atoms with van der Waals surface area (Å²) in [6.45, 7) is 4.54. The summed E-state index contributed by atoms with van der Waals surface area (Å²) in [7, 11) is 3.72. The number of methoxy groups -OCH3 is 1. The summed E-state index contributed by atoms with van der Waals surface area (Å²) >= 11 is 6.13. The van der Waals surface area contributed by atoms with Crippen LogP contribution in [0.1, 0.15) is 5.56 Å². The maximum Gasteiger partial charge on any atom is 0.193 e. The van der Waals surface area contributed by atoms with Gasteiger partial charge in [0.15, 0.2) is 5.96 Å². The van der Waals surface area contributed by atoms with Crippen LogP contribution in [0, 0.1) is 0 Å². The van der Waals surface area contributed by atoms with Crippen molar-refractivity contribution in [2.24, 2.45) is 10.7 Å². The molecule has 0 saturated carbocycles. The third-order valence-corrected chi connectivity index (χ3v) is 4.79. The molecular formula is C19H25ClN6O. The molecule has 3 N–H and O–H groups in total. The highest BCUT2D eigenvalue weighted by Gasteiger charge is 2.15. The summed E-state index contributed by atoms with van der Waals surface area (Å²) in [5.41, 5.74) is 7.83. The number of pyridine rings is 1. The van der Waals surface area contributed by atoms with E-state index in [4.69, 9.17) is 22.1 Å². The number of hydrogen-bond acceptors (Lipinski definition) is 5. The lowest BCUT2D eigenvalue weighted by molar-refractivity contribution is 0.312. The molecule has 3 rings (SSSR count). The molecule has 1 aliphatic heterocycles. The van der Waals surface area contributed by atoms with Crippen LogP contribution in [0.2, 0.25) is 5.02 Å². The molecule has 0 amide bonds. The van der Waals surface area contributed by atoms with Crippen molar-refractivity contribution in [1.82, 2.24) is 9.88 Å². The molecule has 8 heteroatoms. The van der Waals surface area contributed by atoms with Crippen molar-refractivity contribution < 1.29 is 4.74 Å². The SMILES string of the molecule is COc1ccc(NC(N)=NCc2ccnc(N3CCN(C)CC3)c2)cc1Cl. The molecule has 2 aromatic rings. The van der Waals surface area contributed by atoms with E-state index in [-0.39, 0.29) is 0 Å². The molecule has 2 heterocycles. The Labute approximate surface area is 164 Å². The van der Waals surface area contributed by atoms with Crippen molar-refractivity contribution in [3.63, 3.8) is 0 Å². The first-order valence-electron chi connectivity index (χ1n) is 8.84. The zero-order chi connectivity index (χ0) is 19.2. The van der Waals surface area contributed by atoms with Gasteiger partial charge in [0.1, 0.15) is 11.6 Å². The van der Waals surface area contributed by atoms with E-state index in [1.807, 2.05) is 18.3 Å². The summed E-state index contributed by atoms with van der Waals surface area (Å²) < 4.78 is 5.14. The Morgan fingerprint density at radius 2 is 2.04 bits per heavy atom. The lowest BCUT2D eigenvalue weighted by atomic mass is 10.2. The number of anilines is 2. The van der Waals surface area contributed by atoms with Gasteiger partial charge in [-0.3, -0.25) is 0 Å². The van der Waals surface area contributed by atoms with Gasteiger partial charge in [-0.2, -0.15) is 0 Å². The van der Waals surface area contributed by atoms with Crippen molar-refractivity contribution >= 4 is 29.1 Å². The number of likely N-dealkylation sites (N-methyl/N-ethyl adjacent to an activating group) is 1. The first kappa shape index (κ1) is 19.3. The number of piperazine rings is 1. The van der Waals surface area contributed by atoms with Crippen molar-refractivity contribution in [3.8, 4) is 5.75 Å². The van der Waals surface area contributed by atoms with E-state index < -0.39 is 0 Å². The highest BCUT2D eigenvalue weighted by Crippen LogP contribution is 2.27. The van der Waals surface area contributed by atoms with Gasteiger partial charge < -0.3 is 25.6 Å². The zero-order valence-corrected chi connectivity index (χ0v) is 16.4. The third-order valence-electron chi connectivity index (χ3n) is 4.49. The van der Waals surface area contributed by atoms with Gasteiger partial charge in [0, 0.05) is 38.1 Å². The Hall–Kier alpha value is -2.51. The smallest absolute Gasteiger partial charge is 0.193 e. The molecule has 0 atom stereocenters. The average molecular weight is 389 g/mol. The monoisotopic (exact) mass is 388 g/mol. The maximum atomic E-state index is 6.13. The van der Waals surface area contributed by atoms with E-state index in [0.29, 0.717) is 23.3 Å². The number of guanidine groups is 1. The number of rotatable bonds is 5. The van der Waals surface area contributed by atoms with Crippen LogP contribution >= 0.6 is 11.6 Å². The number of nitrogens with two attached hydrogens (primary N) is 1. The van der Waals surface area contributed by atoms with E-state index in [2.05, 4.69) is 38.2 Å². The third kappa shape index (κ3) is 5.24. The van der Waals surface area contributed by atoms with E-state index in [0.717, 1.165) is 43.2 Å². The summed E-state index contributed by atoms with van der Waals surface area (Å²) in [5, 5.41) is 3.56. The molecule has 27 heavy (non-hydrogen) atoms. The second-order valence-corrected chi connectivity index (χ2v) is 6.90. The normalized spacial score (nSPS) is 15.7. The fourth-order valence-corrected chi connectivity index (χ4v) is 3.13. The number of ether oxygens (including phenoxy) is 1. The number of benzene rings is 1. The van der Waals surface area contributed by atoms with Crippen molar-refractivity contribution in [2.75, 3.05) is 50.6 Å². The summed E-state index contributed by atoms with van der Waals surface area (Å²) in [6.07, 6.45) is 1.82. The predicted octanol–water partition coefficient (Wildman–Crippen LogP) is 2.42. The summed E-state index contributed by atoms with van der Waals surface area (Å²) in [4.78, 5) is 13.5. The van der Waals surface area contributed by atoms with E-state index in [1.165, 1.54) is 0 Å². The predicted molar refractivity (Wildman–Crippen MR) is 111 cm³/mol. The first-order chi connectivity index (χ1) is 13.0. The number of halogens is 1. The summed E-state index contributed by atoms with van der Waals surface area (Å²) in [5.74, 6) is 1.93. The molecule has 7 nitrogen and oxygen atoms in total. The molecule has 1 aliphatic rings. The van der Waals surface area contributed by atoms with Gasteiger partial charge in [-0.15, -0.1) is 0 Å². The van der Waals surface area contributed by atoms with Crippen LogP contribution < -0.4 is 20.7 Å². The van der Waals surface area contributed by atoms with Crippen molar-refractivity contribution in [2.45, 2.75) is 6.54 Å². The van der Waals surface area contributed by atoms with E-state index in [1.54, 1.807) is 19.2 Å². The number of nitrogens with zero attached hydrogens (tertiary/aromatic N) is 4. The quantitative estimate of drug-likeness (QED) is 0.605. The van der Waals surface area contributed by atoms with Gasteiger partial charge in [0.05, 0.1) is 18.7 Å². The van der Waals surface area contributed by atoms with Gasteiger partial charge in [-0.1, -0.05) is 11.6 Å². The molecule has 0 bridgehead atoms. The van der Waals surface area contributed by atoms with Crippen LogP contribution in [-0.4, -0.2) is 56.2 Å². The van der Waals surface area contributed by atoms with Gasteiger partial charge >= 0.3 is 0 Å². The standard InChI is InChI=1S/C19H25ClN6O/c1-25-7-9-26(10-8-25)18-11-14(5-6-22-18)13-23-19(21)24-15-3-4-17(27-2)16(20)12-15/h3-6,11-12H,7-10,13H2,1-2H3,(H3,21,23,24). The molecule has 0 unspecified atom stereocenters. The van der Waals surface area contributed by atoms with Crippen molar-refractivity contribution in [1.29, 1.82) is 0 Å². The molecule has 1 aromatic heterocycles. The molecule has 144 valence electrons. The molecule has 0 radical (unpaired) electrons. The highest BCUT2D eigenvalue weighted by atomic mass is 35.5. The Bertz CT molecular complexity index is 805. The average Bonchev–Trinajstić information content (AvgIpc) is 2.67. The number of hydrogen-bond donors (Lipinski definition) is 2. The molecule has 0 aliphatic carbocycles. The topological polar surface area (TPSA) is 79.0 Å². The van der Waals surface area contributed by atoms with Crippen LogP contribution in [-0.2, 0) is 6.54 Å². The lowest BCUT2D eigenvalue weighted by Gasteiger charge is -2.33.